The fourth-order valence-electron chi connectivity index (χ4n) is 2.03. The van der Waals surface area contributed by atoms with Gasteiger partial charge in [-0.25, -0.2) is 0 Å². The maximum Gasteiger partial charge on any atom is 0.220 e. The molecule has 106 valence electrons. The van der Waals surface area contributed by atoms with E-state index in [0.717, 1.165) is 17.7 Å². The maximum atomic E-state index is 11.8. The smallest absolute Gasteiger partial charge is 0.220 e. The molecule has 1 amide bonds. The Hall–Kier alpha value is -1.81. The summed E-state index contributed by atoms with van der Waals surface area (Å²) in [6.07, 6.45) is 2.09. The van der Waals surface area contributed by atoms with Crippen LogP contribution < -0.4 is 10.1 Å². The van der Waals surface area contributed by atoms with Crippen molar-refractivity contribution in [1.82, 2.24) is 5.32 Å². The summed E-state index contributed by atoms with van der Waals surface area (Å²) < 4.78 is 5.28. The monoisotopic (exact) mass is 289 g/mol. The Morgan fingerprint density at radius 1 is 1.20 bits per heavy atom. The van der Waals surface area contributed by atoms with E-state index >= 15 is 0 Å². The number of amides is 1. The number of carbonyl (C=O) groups excluding carboxylic acids is 1. The zero-order valence-electron chi connectivity index (χ0n) is 11.6. The number of methoxy groups -OCH3 is 1. The van der Waals surface area contributed by atoms with Crippen LogP contribution in [0.3, 0.4) is 0 Å². The molecule has 0 fully saturated rings. The molecule has 1 N–H and O–H groups in total. The first-order valence-corrected chi connectivity index (χ1v) is 7.58. The third kappa shape index (κ3) is 4.38. The Balaban J connectivity index is 1.72. The van der Waals surface area contributed by atoms with Gasteiger partial charge in [-0.05, 0) is 35.9 Å². The molecule has 0 aliphatic heterocycles. The molecule has 0 aliphatic carbocycles. The quantitative estimate of drug-likeness (QED) is 0.851. The first-order chi connectivity index (χ1) is 9.79. The van der Waals surface area contributed by atoms with Crippen molar-refractivity contribution in [2.45, 2.75) is 19.3 Å². The molecule has 0 saturated heterocycles. The highest BCUT2D eigenvalue weighted by molar-refractivity contribution is 7.09. The summed E-state index contributed by atoms with van der Waals surface area (Å²) in [6.45, 7) is 0.700. The Kier molecular flexibility index (Phi) is 5.62. The second-order valence-electron chi connectivity index (χ2n) is 4.49. The van der Waals surface area contributed by atoms with Crippen LogP contribution in [0, 0.1) is 0 Å². The minimum atomic E-state index is 0.0902. The zero-order chi connectivity index (χ0) is 14.2. The van der Waals surface area contributed by atoms with Gasteiger partial charge in [0.05, 0.1) is 7.11 Å². The molecule has 2 rings (SSSR count). The molecule has 0 unspecified atom stereocenters. The van der Waals surface area contributed by atoms with Gasteiger partial charge < -0.3 is 10.1 Å². The number of thiophene rings is 1. The summed E-state index contributed by atoms with van der Waals surface area (Å²) in [6, 6.07) is 11.9. The highest BCUT2D eigenvalue weighted by Gasteiger charge is 2.06. The third-order valence-corrected chi connectivity index (χ3v) is 4.02. The van der Waals surface area contributed by atoms with E-state index in [1.54, 1.807) is 18.4 Å². The van der Waals surface area contributed by atoms with Gasteiger partial charge in [-0.2, -0.15) is 0 Å². The molecule has 0 bridgehead atoms. The largest absolute Gasteiger partial charge is 0.496 e. The van der Waals surface area contributed by atoms with E-state index in [4.69, 9.17) is 4.74 Å². The van der Waals surface area contributed by atoms with Gasteiger partial charge in [0.1, 0.15) is 5.75 Å². The van der Waals surface area contributed by atoms with Crippen LogP contribution in [0.5, 0.6) is 5.75 Å². The van der Waals surface area contributed by atoms with Crippen LogP contribution in [0.2, 0.25) is 0 Å². The van der Waals surface area contributed by atoms with Gasteiger partial charge in [0.25, 0.3) is 0 Å². The number of aryl methyl sites for hydroxylation is 1. The summed E-state index contributed by atoms with van der Waals surface area (Å²) in [5.41, 5.74) is 1.07. The fraction of sp³-hybridized carbons (Fsp3) is 0.312. The molecule has 0 atom stereocenters. The Morgan fingerprint density at radius 3 is 2.80 bits per heavy atom. The molecule has 1 heterocycles. The standard InChI is InChI=1S/C16H19NO2S/c1-19-15-7-3-2-5-13(15)8-9-16(18)17-11-10-14-6-4-12-20-14/h2-7,12H,8-11H2,1H3,(H,17,18). The molecule has 1 aromatic carbocycles. The van der Waals surface area contributed by atoms with Crippen LogP contribution in [0.1, 0.15) is 16.9 Å². The summed E-state index contributed by atoms with van der Waals surface area (Å²) in [7, 11) is 1.65. The summed E-state index contributed by atoms with van der Waals surface area (Å²) in [5, 5.41) is 5.01. The van der Waals surface area contributed by atoms with Crippen molar-refractivity contribution < 1.29 is 9.53 Å². The first kappa shape index (κ1) is 14.6. The lowest BCUT2D eigenvalue weighted by Crippen LogP contribution is -2.25. The Morgan fingerprint density at radius 2 is 2.05 bits per heavy atom. The van der Waals surface area contributed by atoms with E-state index < -0.39 is 0 Å². The Bertz CT molecular complexity index is 537. The van der Waals surface area contributed by atoms with Crippen LogP contribution in [-0.4, -0.2) is 19.6 Å². The first-order valence-electron chi connectivity index (χ1n) is 6.70. The molecule has 4 heteroatoms. The molecule has 0 aliphatic rings. The van der Waals surface area contributed by atoms with Crippen LogP contribution >= 0.6 is 11.3 Å². The van der Waals surface area contributed by atoms with E-state index in [-0.39, 0.29) is 5.91 Å². The number of para-hydroxylation sites is 1. The van der Waals surface area contributed by atoms with Crippen LogP contribution in [0.25, 0.3) is 0 Å². The number of benzene rings is 1. The number of hydrogen-bond acceptors (Lipinski definition) is 3. The summed E-state index contributed by atoms with van der Waals surface area (Å²) >= 11 is 1.72. The minimum Gasteiger partial charge on any atom is -0.496 e. The predicted molar refractivity (Wildman–Crippen MR) is 82.3 cm³/mol. The molecule has 0 saturated carbocycles. The normalized spacial score (nSPS) is 10.2. The topological polar surface area (TPSA) is 38.3 Å². The van der Waals surface area contributed by atoms with Crippen molar-refractivity contribution in [3.05, 3.63) is 52.2 Å². The lowest BCUT2D eigenvalue weighted by molar-refractivity contribution is -0.121. The molecular weight excluding hydrogens is 270 g/mol. The number of carbonyl (C=O) groups is 1. The van der Waals surface area contributed by atoms with Gasteiger partial charge in [0.15, 0.2) is 0 Å². The maximum absolute atomic E-state index is 11.8. The molecule has 2 aromatic rings. The number of ether oxygens (including phenoxy) is 1. The SMILES string of the molecule is COc1ccccc1CCC(=O)NCCc1cccs1. The van der Waals surface area contributed by atoms with Gasteiger partial charge in [-0.15, -0.1) is 11.3 Å². The van der Waals surface area contributed by atoms with Crippen LogP contribution in [0.4, 0.5) is 0 Å². The van der Waals surface area contributed by atoms with Gasteiger partial charge >= 0.3 is 0 Å². The van der Waals surface area contributed by atoms with Gasteiger partial charge in [-0.3, -0.25) is 4.79 Å². The second kappa shape index (κ2) is 7.70. The molecule has 0 spiro atoms. The van der Waals surface area contributed by atoms with E-state index in [0.29, 0.717) is 19.4 Å². The number of nitrogens with one attached hydrogen (secondary N) is 1. The molecule has 0 radical (unpaired) electrons. The van der Waals surface area contributed by atoms with Crippen molar-refractivity contribution in [3.63, 3.8) is 0 Å². The van der Waals surface area contributed by atoms with Crippen molar-refractivity contribution in [3.8, 4) is 5.75 Å². The van der Waals surface area contributed by atoms with Crippen molar-refractivity contribution in [1.29, 1.82) is 0 Å². The molecular formula is C16H19NO2S. The molecule has 1 aromatic heterocycles. The lowest BCUT2D eigenvalue weighted by Gasteiger charge is -2.08. The lowest BCUT2D eigenvalue weighted by atomic mass is 10.1. The second-order valence-corrected chi connectivity index (χ2v) is 5.52. The van der Waals surface area contributed by atoms with Crippen LogP contribution in [0.15, 0.2) is 41.8 Å². The van der Waals surface area contributed by atoms with E-state index in [1.807, 2.05) is 30.3 Å². The van der Waals surface area contributed by atoms with Crippen molar-refractivity contribution in [2.75, 3.05) is 13.7 Å². The van der Waals surface area contributed by atoms with E-state index in [1.165, 1.54) is 4.88 Å². The number of hydrogen-bond donors (Lipinski definition) is 1. The van der Waals surface area contributed by atoms with E-state index in [2.05, 4.69) is 16.8 Å². The highest BCUT2D eigenvalue weighted by Crippen LogP contribution is 2.18. The van der Waals surface area contributed by atoms with Gasteiger partial charge in [0, 0.05) is 17.8 Å². The summed E-state index contributed by atoms with van der Waals surface area (Å²) in [4.78, 5) is 13.1. The van der Waals surface area contributed by atoms with Gasteiger partial charge in [-0.1, -0.05) is 24.3 Å². The third-order valence-electron chi connectivity index (χ3n) is 3.09. The summed E-state index contributed by atoms with van der Waals surface area (Å²) in [5.74, 6) is 0.936. The van der Waals surface area contributed by atoms with Crippen LogP contribution in [-0.2, 0) is 17.6 Å². The average molecular weight is 289 g/mol. The van der Waals surface area contributed by atoms with Crippen molar-refractivity contribution in [2.24, 2.45) is 0 Å². The molecule has 3 nitrogen and oxygen atoms in total. The molecule has 20 heavy (non-hydrogen) atoms. The van der Waals surface area contributed by atoms with Crippen molar-refractivity contribution >= 4 is 17.2 Å². The minimum absolute atomic E-state index is 0.0902. The number of rotatable bonds is 7. The fourth-order valence-corrected chi connectivity index (χ4v) is 2.74. The average Bonchev–Trinajstić information content (AvgIpc) is 2.98. The van der Waals surface area contributed by atoms with Gasteiger partial charge in [0.2, 0.25) is 5.91 Å². The zero-order valence-corrected chi connectivity index (χ0v) is 12.4. The highest BCUT2D eigenvalue weighted by atomic mass is 32.1. The Labute approximate surface area is 123 Å². The predicted octanol–water partition coefficient (Wildman–Crippen LogP) is 3.05. The van der Waals surface area contributed by atoms with E-state index in [9.17, 15) is 4.79 Å².